The third kappa shape index (κ3) is 3.30. The number of carbonyl (C=O) groups excluding carboxylic acids is 1. The van der Waals surface area contributed by atoms with Crippen molar-refractivity contribution in [2.75, 3.05) is 13.2 Å². The highest BCUT2D eigenvalue weighted by Crippen LogP contribution is 2.51. The van der Waals surface area contributed by atoms with Crippen molar-refractivity contribution in [2.45, 2.75) is 49.8 Å². The Hall–Kier alpha value is -2.38. The van der Waals surface area contributed by atoms with Crippen LogP contribution in [-0.4, -0.2) is 46.8 Å². The largest absolute Gasteiger partial charge is 0.393 e. The first-order valence-corrected chi connectivity index (χ1v) is 10.3. The Morgan fingerprint density at radius 2 is 1.83 bits per heavy atom. The lowest BCUT2D eigenvalue weighted by atomic mass is 10.0. The highest BCUT2D eigenvalue weighted by atomic mass is 19.4. The summed E-state index contributed by atoms with van der Waals surface area (Å²) in [6, 6.07) is 16.4. The molecule has 0 radical (unpaired) electrons. The van der Waals surface area contributed by atoms with Gasteiger partial charge in [-0.2, -0.15) is 13.2 Å². The predicted molar refractivity (Wildman–Crippen MR) is 104 cm³/mol. The van der Waals surface area contributed by atoms with Gasteiger partial charge in [0.25, 0.3) is 0 Å². The van der Waals surface area contributed by atoms with Crippen LogP contribution in [0.1, 0.15) is 35.6 Å². The van der Waals surface area contributed by atoms with Gasteiger partial charge in [-0.15, -0.1) is 0 Å². The molecule has 5 rings (SSSR count). The number of amides is 1. The molecular weight excluding hydrogens is 393 g/mol. The van der Waals surface area contributed by atoms with E-state index in [1.165, 1.54) is 6.07 Å². The van der Waals surface area contributed by atoms with Crippen LogP contribution < -0.4 is 0 Å². The van der Waals surface area contributed by atoms with Gasteiger partial charge >= 0.3 is 6.18 Å². The van der Waals surface area contributed by atoms with Crippen molar-refractivity contribution in [3.63, 3.8) is 0 Å². The van der Waals surface area contributed by atoms with Gasteiger partial charge in [-0.05, 0) is 16.7 Å². The van der Waals surface area contributed by atoms with Crippen molar-refractivity contribution in [3.8, 4) is 0 Å². The lowest BCUT2D eigenvalue weighted by Crippen LogP contribution is -2.48. The molecule has 4 nitrogen and oxygen atoms in total. The summed E-state index contributed by atoms with van der Waals surface area (Å²) < 4.78 is 44.5. The molecule has 0 aliphatic carbocycles. The number of hydrogen-bond acceptors (Lipinski definition) is 3. The van der Waals surface area contributed by atoms with Crippen LogP contribution in [0.4, 0.5) is 13.2 Å². The minimum Gasteiger partial charge on any atom is -0.351 e. The van der Waals surface area contributed by atoms with Gasteiger partial charge in [0.05, 0.1) is 25.1 Å². The fourth-order valence-corrected chi connectivity index (χ4v) is 5.34. The van der Waals surface area contributed by atoms with E-state index in [2.05, 4.69) is 4.90 Å². The molecule has 0 N–H and O–H groups in total. The molecule has 3 aliphatic heterocycles. The van der Waals surface area contributed by atoms with Crippen LogP contribution in [0, 0.1) is 0 Å². The van der Waals surface area contributed by atoms with Crippen LogP contribution >= 0.6 is 0 Å². The van der Waals surface area contributed by atoms with Crippen LogP contribution in [-0.2, 0) is 22.5 Å². The van der Waals surface area contributed by atoms with E-state index >= 15 is 0 Å². The molecule has 3 fully saturated rings. The van der Waals surface area contributed by atoms with Crippen LogP contribution in [0.25, 0.3) is 0 Å². The zero-order valence-corrected chi connectivity index (χ0v) is 16.4. The summed E-state index contributed by atoms with van der Waals surface area (Å²) in [6.07, 6.45) is -4.05. The molecule has 2 aromatic carbocycles. The first-order chi connectivity index (χ1) is 14.4. The predicted octanol–water partition coefficient (Wildman–Crippen LogP) is 4.07. The number of ether oxygens (including phenoxy) is 1. The molecule has 1 amide bonds. The van der Waals surface area contributed by atoms with Crippen LogP contribution in [0.3, 0.4) is 0 Å². The summed E-state index contributed by atoms with van der Waals surface area (Å²) in [6.45, 7) is 1.74. The van der Waals surface area contributed by atoms with Crippen molar-refractivity contribution in [1.29, 1.82) is 0 Å². The van der Waals surface area contributed by atoms with Crippen LogP contribution in [0.15, 0.2) is 54.6 Å². The topological polar surface area (TPSA) is 32.8 Å². The number of nitrogens with zero attached hydrogens (tertiary/aromatic N) is 2. The standard InChI is InChI=1S/C23H23F3N2O2/c24-23(25,26)13-16-5-4-6-17(11-16)14-27-10-9-22-20(27)12-21(29)28(22)19(15-30-22)18-7-2-1-3-8-18/h1-8,11,19-20H,9-10,12-15H2/t19-,20+,22-/m0/s1. The second kappa shape index (κ2) is 7.10. The highest BCUT2D eigenvalue weighted by Gasteiger charge is 2.64. The average Bonchev–Trinajstić information content (AvgIpc) is 3.32. The molecule has 0 unspecified atom stereocenters. The first-order valence-electron chi connectivity index (χ1n) is 10.3. The van der Waals surface area contributed by atoms with E-state index in [0.29, 0.717) is 19.6 Å². The van der Waals surface area contributed by atoms with Gasteiger partial charge in [0.1, 0.15) is 0 Å². The summed E-state index contributed by atoms with van der Waals surface area (Å²) in [4.78, 5) is 17.1. The second-order valence-corrected chi connectivity index (χ2v) is 8.40. The van der Waals surface area contributed by atoms with Gasteiger partial charge < -0.3 is 9.64 Å². The van der Waals surface area contributed by atoms with E-state index < -0.39 is 18.3 Å². The van der Waals surface area contributed by atoms with Crippen molar-refractivity contribution in [3.05, 3.63) is 71.3 Å². The molecule has 3 aliphatic rings. The first kappa shape index (κ1) is 19.6. The Bertz CT molecular complexity index is 949. The fourth-order valence-electron chi connectivity index (χ4n) is 5.34. The number of hydrogen-bond donors (Lipinski definition) is 0. The number of carbonyl (C=O) groups is 1. The molecule has 1 spiro atoms. The average molecular weight is 416 g/mol. The number of alkyl halides is 3. The fraction of sp³-hybridized carbons (Fsp3) is 0.435. The molecular formula is C23H23F3N2O2. The van der Waals surface area contributed by atoms with E-state index in [9.17, 15) is 18.0 Å². The third-order valence-corrected chi connectivity index (χ3v) is 6.53. The SMILES string of the molecule is O=C1C[C@H]2N(Cc3cccc(CC(F)(F)F)c3)CC[C@]23OC[C@@H](c2ccccc2)N13. The summed E-state index contributed by atoms with van der Waals surface area (Å²) in [7, 11) is 0. The van der Waals surface area contributed by atoms with E-state index in [0.717, 1.165) is 24.1 Å². The molecule has 7 heteroatoms. The van der Waals surface area contributed by atoms with Gasteiger partial charge in [-0.1, -0.05) is 54.6 Å². The minimum absolute atomic E-state index is 0.0787. The summed E-state index contributed by atoms with van der Waals surface area (Å²) in [5.41, 5.74) is 1.54. The van der Waals surface area contributed by atoms with E-state index in [1.54, 1.807) is 12.1 Å². The van der Waals surface area contributed by atoms with Crippen molar-refractivity contribution >= 4 is 5.91 Å². The summed E-state index contributed by atoms with van der Waals surface area (Å²) >= 11 is 0. The molecule has 30 heavy (non-hydrogen) atoms. The van der Waals surface area contributed by atoms with Gasteiger partial charge in [0, 0.05) is 25.9 Å². The Morgan fingerprint density at radius 3 is 2.60 bits per heavy atom. The highest BCUT2D eigenvalue weighted by molar-refractivity contribution is 5.82. The zero-order valence-electron chi connectivity index (χ0n) is 16.4. The minimum atomic E-state index is -4.22. The molecule has 3 heterocycles. The molecule has 2 aromatic rings. The number of halogens is 3. The third-order valence-electron chi connectivity index (χ3n) is 6.53. The van der Waals surface area contributed by atoms with Crippen molar-refractivity contribution < 1.29 is 22.7 Å². The van der Waals surface area contributed by atoms with Crippen molar-refractivity contribution in [2.24, 2.45) is 0 Å². The Morgan fingerprint density at radius 1 is 1.07 bits per heavy atom. The maximum atomic E-state index is 13.0. The lowest BCUT2D eigenvalue weighted by molar-refractivity contribution is -0.138. The van der Waals surface area contributed by atoms with Gasteiger partial charge in [-0.25, -0.2) is 0 Å². The normalized spacial score (nSPS) is 28.8. The van der Waals surface area contributed by atoms with Gasteiger partial charge in [-0.3, -0.25) is 9.69 Å². The number of benzene rings is 2. The Labute approximate surface area is 173 Å². The maximum absolute atomic E-state index is 13.0. The van der Waals surface area contributed by atoms with Crippen molar-refractivity contribution in [1.82, 2.24) is 9.80 Å². The quantitative estimate of drug-likeness (QED) is 0.754. The van der Waals surface area contributed by atoms with Gasteiger partial charge in [0.15, 0.2) is 5.72 Å². The van der Waals surface area contributed by atoms with E-state index in [1.807, 2.05) is 41.3 Å². The Kier molecular flexibility index (Phi) is 4.63. The Balaban J connectivity index is 1.36. The zero-order chi connectivity index (χ0) is 20.9. The lowest BCUT2D eigenvalue weighted by Gasteiger charge is -2.33. The van der Waals surface area contributed by atoms with E-state index in [4.69, 9.17) is 4.74 Å². The molecule has 0 bridgehead atoms. The van der Waals surface area contributed by atoms with E-state index in [-0.39, 0.29) is 23.6 Å². The smallest absolute Gasteiger partial charge is 0.351 e. The van der Waals surface area contributed by atoms with Crippen LogP contribution in [0.2, 0.25) is 0 Å². The maximum Gasteiger partial charge on any atom is 0.393 e. The summed E-state index contributed by atoms with van der Waals surface area (Å²) in [5.74, 6) is 0.0851. The van der Waals surface area contributed by atoms with Gasteiger partial charge in [0.2, 0.25) is 5.91 Å². The monoisotopic (exact) mass is 416 g/mol. The second-order valence-electron chi connectivity index (χ2n) is 8.40. The van der Waals surface area contributed by atoms with Crippen LogP contribution in [0.5, 0.6) is 0 Å². The molecule has 0 aromatic heterocycles. The number of likely N-dealkylation sites (tertiary alicyclic amines) is 1. The molecule has 3 atom stereocenters. The summed E-state index contributed by atoms with van der Waals surface area (Å²) in [5, 5.41) is 0. The molecule has 3 saturated heterocycles. The number of rotatable bonds is 4. The molecule has 0 saturated carbocycles. The molecule has 158 valence electrons.